The predicted octanol–water partition coefficient (Wildman–Crippen LogP) is 4.02. The van der Waals surface area contributed by atoms with Gasteiger partial charge in [0.1, 0.15) is 12.4 Å². The Morgan fingerprint density at radius 2 is 1.97 bits per heavy atom. The lowest BCUT2D eigenvalue weighted by Crippen LogP contribution is -2.16. The third-order valence-electron chi connectivity index (χ3n) is 4.74. The molecule has 0 saturated carbocycles. The zero-order valence-corrected chi connectivity index (χ0v) is 16.3. The van der Waals surface area contributed by atoms with Gasteiger partial charge >= 0.3 is 0 Å². The average Bonchev–Trinajstić information content (AvgIpc) is 3.07. The minimum Gasteiger partial charge on any atom is -0.497 e. The lowest BCUT2D eigenvalue weighted by Gasteiger charge is -2.12. The standard InChI is InChI=1S/C23H21N3O3/c1-4-20-16(2)24-23-21(29-15-17-8-10-19(28-3)11-9-17)13-18(14-26(20)23)25-12-6-5-7-22(25)27/h4-14H,1,15H2,2-3H3. The first-order valence-electron chi connectivity index (χ1n) is 9.19. The van der Waals surface area contributed by atoms with Crippen molar-refractivity contribution in [3.63, 3.8) is 0 Å². The molecule has 0 atom stereocenters. The van der Waals surface area contributed by atoms with E-state index in [0.717, 1.165) is 22.7 Å². The molecule has 0 aliphatic carbocycles. The van der Waals surface area contributed by atoms with E-state index in [4.69, 9.17) is 9.47 Å². The molecule has 0 bridgehead atoms. The van der Waals surface area contributed by atoms with E-state index in [1.54, 1.807) is 30.0 Å². The van der Waals surface area contributed by atoms with Crippen molar-refractivity contribution in [1.29, 1.82) is 0 Å². The third kappa shape index (κ3) is 3.52. The SMILES string of the molecule is C=Cc1c(C)nc2c(OCc3ccc(OC)cc3)cc(-n3ccccc3=O)cn12. The number of fused-ring (bicyclic) bond motifs is 1. The van der Waals surface area contributed by atoms with Gasteiger partial charge in [0.2, 0.25) is 0 Å². The van der Waals surface area contributed by atoms with Crippen LogP contribution in [0.1, 0.15) is 17.0 Å². The van der Waals surface area contributed by atoms with Crippen LogP contribution in [-0.4, -0.2) is 21.1 Å². The monoisotopic (exact) mass is 387 g/mol. The van der Waals surface area contributed by atoms with Gasteiger partial charge in [0.05, 0.1) is 24.2 Å². The van der Waals surface area contributed by atoms with Gasteiger partial charge in [-0.1, -0.05) is 24.8 Å². The van der Waals surface area contributed by atoms with Gasteiger partial charge in [-0.15, -0.1) is 0 Å². The highest BCUT2D eigenvalue weighted by atomic mass is 16.5. The molecule has 0 N–H and O–H groups in total. The molecule has 4 aromatic rings. The van der Waals surface area contributed by atoms with Gasteiger partial charge in [-0.3, -0.25) is 13.8 Å². The molecule has 0 radical (unpaired) electrons. The molecule has 0 fully saturated rings. The first-order chi connectivity index (χ1) is 14.1. The Kier molecular flexibility index (Phi) is 4.91. The second-order valence-electron chi connectivity index (χ2n) is 6.59. The van der Waals surface area contributed by atoms with E-state index in [1.807, 2.05) is 53.9 Å². The number of aryl methyl sites for hydroxylation is 1. The summed E-state index contributed by atoms with van der Waals surface area (Å²) in [6, 6.07) is 14.6. The summed E-state index contributed by atoms with van der Waals surface area (Å²) in [4.78, 5) is 17.0. The van der Waals surface area contributed by atoms with Gasteiger partial charge in [0.25, 0.3) is 5.56 Å². The molecule has 29 heavy (non-hydrogen) atoms. The van der Waals surface area contributed by atoms with Crippen molar-refractivity contribution in [3.05, 3.63) is 94.8 Å². The maximum atomic E-state index is 12.3. The Hall–Kier alpha value is -3.80. The second-order valence-corrected chi connectivity index (χ2v) is 6.59. The first kappa shape index (κ1) is 18.6. The molecule has 0 saturated heterocycles. The minimum atomic E-state index is -0.120. The topological polar surface area (TPSA) is 57.8 Å². The highest BCUT2D eigenvalue weighted by molar-refractivity contribution is 5.64. The Morgan fingerprint density at radius 3 is 2.66 bits per heavy atom. The molecule has 1 aromatic carbocycles. The molecule has 6 nitrogen and oxygen atoms in total. The number of imidazole rings is 1. The maximum absolute atomic E-state index is 12.3. The highest BCUT2D eigenvalue weighted by Crippen LogP contribution is 2.27. The van der Waals surface area contributed by atoms with Gasteiger partial charge in [0, 0.05) is 24.5 Å². The average molecular weight is 387 g/mol. The molecule has 6 heteroatoms. The number of hydrogen-bond acceptors (Lipinski definition) is 4. The van der Waals surface area contributed by atoms with E-state index in [9.17, 15) is 4.79 Å². The number of benzene rings is 1. The molecule has 0 amide bonds. The molecule has 0 spiro atoms. The second kappa shape index (κ2) is 7.67. The van der Waals surface area contributed by atoms with Crippen molar-refractivity contribution in [2.45, 2.75) is 13.5 Å². The molecule has 4 rings (SSSR count). The summed E-state index contributed by atoms with van der Waals surface area (Å²) >= 11 is 0. The molecule has 146 valence electrons. The zero-order chi connectivity index (χ0) is 20.4. The van der Waals surface area contributed by atoms with Crippen LogP contribution in [-0.2, 0) is 6.61 Å². The van der Waals surface area contributed by atoms with Crippen molar-refractivity contribution in [3.8, 4) is 17.2 Å². The van der Waals surface area contributed by atoms with Gasteiger partial charge < -0.3 is 9.47 Å². The molecule has 3 aromatic heterocycles. The largest absolute Gasteiger partial charge is 0.497 e. The van der Waals surface area contributed by atoms with E-state index in [0.29, 0.717) is 23.7 Å². The van der Waals surface area contributed by atoms with Crippen LogP contribution in [0.25, 0.3) is 17.4 Å². The van der Waals surface area contributed by atoms with E-state index in [1.165, 1.54) is 6.07 Å². The van der Waals surface area contributed by atoms with Crippen LogP contribution < -0.4 is 15.0 Å². The molecule has 0 aliphatic rings. The molecular formula is C23H21N3O3. The number of aromatic nitrogens is 3. The first-order valence-corrected chi connectivity index (χ1v) is 9.19. The predicted molar refractivity (Wildman–Crippen MR) is 113 cm³/mol. The minimum absolute atomic E-state index is 0.120. The fourth-order valence-electron chi connectivity index (χ4n) is 3.24. The van der Waals surface area contributed by atoms with Gasteiger partial charge in [-0.05, 0) is 36.8 Å². The van der Waals surface area contributed by atoms with Crippen LogP contribution >= 0.6 is 0 Å². The third-order valence-corrected chi connectivity index (χ3v) is 4.74. The Bertz CT molecular complexity index is 1240. The number of rotatable bonds is 6. The van der Waals surface area contributed by atoms with Crippen LogP contribution in [0.2, 0.25) is 0 Å². The van der Waals surface area contributed by atoms with Crippen LogP contribution in [0, 0.1) is 6.92 Å². The van der Waals surface area contributed by atoms with Crippen LogP contribution in [0.5, 0.6) is 11.5 Å². The highest BCUT2D eigenvalue weighted by Gasteiger charge is 2.14. The van der Waals surface area contributed by atoms with E-state index in [2.05, 4.69) is 11.6 Å². The van der Waals surface area contributed by atoms with Crippen LogP contribution in [0.3, 0.4) is 0 Å². The van der Waals surface area contributed by atoms with Crippen molar-refractivity contribution < 1.29 is 9.47 Å². The summed E-state index contributed by atoms with van der Waals surface area (Å²) < 4.78 is 14.8. The molecular weight excluding hydrogens is 366 g/mol. The summed E-state index contributed by atoms with van der Waals surface area (Å²) in [5.74, 6) is 1.38. The lowest BCUT2D eigenvalue weighted by atomic mass is 10.2. The van der Waals surface area contributed by atoms with Gasteiger partial charge in [-0.25, -0.2) is 4.98 Å². The zero-order valence-electron chi connectivity index (χ0n) is 16.3. The summed E-state index contributed by atoms with van der Waals surface area (Å²) in [7, 11) is 1.64. The summed E-state index contributed by atoms with van der Waals surface area (Å²) in [6.07, 6.45) is 5.35. The Morgan fingerprint density at radius 1 is 1.17 bits per heavy atom. The lowest BCUT2D eigenvalue weighted by molar-refractivity contribution is 0.307. The quantitative estimate of drug-likeness (QED) is 0.501. The number of hydrogen-bond donors (Lipinski definition) is 0. The van der Waals surface area contributed by atoms with Crippen molar-refractivity contribution in [2.24, 2.45) is 0 Å². The molecule has 0 unspecified atom stereocenters. The van der Waals surface area contributed by atoms with Gasteiger partial charge in [0.15, 0.2) is 11.4 Å². The van der Waals surface area contributed by atoms with E-state index >= 15 is 0 Å². The fourth-order valence-corrected chi connectivity index (χ4v) is 3.24. The smallest absolute Gasteiger partial charge is 0.255 e. The number of methoxy groups -OCH3 is 1. The molecule has 0 aliphatic heterocycles. The normalized spacial score (nSPS) is 10.8. The Labute approximate surface area is 168 Å². The fraction of sp³-hybridized carbons (Fsp3) is 0.130. The number of nitrogens with zero attached hydrogens (tertiary/aromatic N) is 3. The summed E-state index contributed by atoms with van der Waals surface area (Å²) in [5, 5.41) is 0. The van der Waals surface area contributed by atoms with Crippen molar-refractivity contribution in [1.82, 2.24) is 14.0 Å². The van der Waals surface area contributed by atoms with E-state index < -0.39 is 0 Å². The van der Waals surface area contributed by atoms with E-state index in [-0.39, 0.29) is 5.56 Å². The maximum Gasteiger partial charge on any atom is 0.255 e. The van der Waals surface area contributed by atoms with Crippen molar-refractivity contribution in [2.75, 3.05) is 7.11 Å². The summed E-state index contributed by atoms with van der Waals surface area (Å²) in [5.41, 5.74) is 3.95. The molecule has 3 heterocycles. The number of pyridine rings is 2. The summed E-state index contributed by atoms with van der Waals surface area (Å²) in [6.45, 7) is 6.18. The van der Waals surface area contributed by atoms with Crippen LogP contribution in [0.15, 0.2) is 72.3 Å². The van der Waals surface area contributed by atoms with Crippen LogP contribution in [0.4, 0.5) is 0 Å². The van der Waals surface area contributed by atoms with Gasteiger partial charge in [-0.2, -0.15) is 0 Å². The number of ether oxygens (including phenoxy) is 2. The Balaban J connectivity index is 1.79. The van der Waals surface area contributed by atoms with Crippen molar-refractivity contribution >= 4 is 11.7 Å².